The Morgan fingerprint density at radius 1 is 1.16 bits per heavy atom. The van der Waals surface area contributed by atoms with E-state index in [4.69, 9.17) is 0 Å². The summed E-state index contributed by atoms with van der Waals surface area (Å²) in [5.41, 5.74) is 4.36. The van der Waals surface area contributed by atoms with Crippen LogP contribution in [0.2, 0.25) is 0 Å². The van der Waals surface area contributed by atoms with Gasteiger partial charge >= 0.3 is 0 Å². The van der Waals surface area contributed by atoms with E-state index in [-0.39, 0.29) is 5.91 Å². The number of carbonyl (C=O) groups is 1. The summed E-state index contributed by atoms with van der Waals surface area (Å²) in [4.78, 5) is 23.5. The predicted octanol–water partition coefficient (Wildman–Crippen LogP) is 3.24. The number of carbonyl (C=O) groups excluding carboxylic acids is 1. The second kappa shape index (κ2) is 6.89. The van der Waals surface area contributed by atoms with Crippen molar-refractivity contribution in [2.24, 2.45) is 0 Å². The van der Waals surface area contributed by atoms with Crippen molar-refractivity contribution >= 4 is 22.6 Å². The lowest BCUT2D eigenvalue weighted by Crippen LogP contribution is -2.25. The largest absolute Gasteiger partial charge is 0.362 e. The summed E-state index contributed by atoms with van der Waals surface area (Å²) >= 11 is 0. The molecule has 1 aromatic carbocycles. The number of nitrogens with zero attached hydrogens (tertiary/aromatic N) is 3. The zero-order valence-electron chi connectivity index (χ0n) is 15.0. The summed E-state index contributed by atoms with van der Waals surface area (Å²) in [5, 5.41) is 3.96. The number of hydrogen-bond acceptors (Lipinski definition) is 4. The van der Waals surface area contributed by atoms with E-state index in [1.54, 1.807) is 6.20 Å². The zero-order chi connectivity index (χ0) is 18.0. The van der Waals surface area contributed by atoms with Crippen molar-refractivity contribution in [1.29, 1.82) is 0 Å². The molecule has 0 aliphatic rings. The van der Waals surface area contributed by atoms with Gasteiger partial charge < -0.3 is 10.2 Å². The van der Waals surface area contributed by atoms with Gasteiger partial charge in [-0.1, -0.05) is 17.7 Å². The van der Waals surface area contributed by atoms with Crippen LogP contribution in [0.15, 0.2) is 42.6 Å². The van der Waals surface area contributed by atoms with Gasteiger partial charge in [-0.05, 0) is 38.1 Å². The quantitative estimate of drug-likeness (QED) is 0.796. The molecule has 3 aromatic rings. The number of rotatable bonds is 4. The average molecular weight is 334 g/mol. The number of benzene rings is 1. The minimum atomic E-state index is -0.123. The molecule has 0 saturated carbocycles. The van der Waals surface area contributed by atoms with E-state index in [1.807, 2.05) is 69.2 Å². The zero-order valence-corrected chi connectivity index (χ0v) is 15.0. The van der Waals surface area contributed by atoms with Crippen molar-refractivity contribution in [3.8, 4) is 0 Å². The maximum Gasteiger partial charge on any atom is 0.253 e. The predicted molar refractivity (Wildman–Crippen MR) is 101 cm³/mol. The lowest BCUT2D eigenvalue weighted by molar-refractivity contribution is 0.0950. The third-order valence-corrected chi connectivity index (χ3v) is 4.14. The number of amides is 1. The molecule has 3 rings (SSSR count). The van der Waals surface area contributed by atoms with Crippen LogP contribution in [0, 0.1) is 13.8 Å². The van der Waals surface area contributed by atoms with Crippen LogP contribution in [0.25, 0.3) is 10.9 Å². The number of fused-ring (bicyclic) bond motifs is 1. The highest BCUT2D eigenvalue weighted by Gasteiger charge is 2.13. The van der Waals surface area contributed by atoms with Gasteiger partial charge in [0.05, 0.1) is 16.8 Å². The standard InChI is InChI=1S/C20H22N4O/c1-13-7-8-18-16(10-13)11-17(14(2)23-18)20(25)22-12-15-6-5-9-21-19(15)24(3)4/h5-11H,12H2,1-4H3,(H,22,25). The normalized spacial score (nSPS) is 10.7. The van der Waals surface area contributed by atoms with Gasteiger partial charge in [-0.2, -0.15) is 0 Å². The van der Waals surface area contributed by atoms with Gasteiger partial charge in [-0.3, -0.25) is 9.78 Å². The smallest absolute Gasteiger partial charge is 0.253 e. The molecule has 25 heavy (non-hydrogen) atoms. The highest BCUT2D eigenvalue weighted by atomic mass is 16.1. The lowest BCUT2D eigenvalue weighted by atomic mass is 10.1. The molecule has 2 heterocycles. The topological polar surface area (TPSA) is 58.1 Å². The molecule has 1 amide bonds. The van der Waals surface area contributed by atoms with Crippen LogP contribution in [0.4, 0.5) is 5.82 Å². The highest BCUT2D eigenvalue weighted by molar-refractivity contribution is 5.98. The molecular formula is C20H22N4O. The molecule has 0 radical (unpaired) electrons. The Labute approximate surface area is 147 Å². The van der Waals surface area contributed by atoms with Crippen molar-refractivity contribution in [3.63, 3.8) is 0 Å². The van der Waals surface area contributed by atoms with E-state index < -0.39 is 0 Å². The maximum atomic E-state index is 12.7. The first kappa shape index (κ1) is 16.9. The molecule has 5 nitrogen and oxygen atoms in total. The van der Waals surface area contributed by atoms with Crippen molar-refractivity contribution in [2.45, 2.75) is 20.4 Å². The fourth-order valence-electron chi connectivity index (χ4n) is 2.86. The van der Waals surface area contributed by atoms with Crippen LogP contribution in [0.1, 0.15) is 27.2 Å². The molecule has 5 heteroatoms. The van der Waals surface area contributed by atoms with E-state index in [1.165, 1.54) is 0 Å². The monoisotopic (exact) mass is 334 g/mol. The maximum absolute atomic E-state index is 12.7. The van der Waals surface area contributed by atoms with E-state index in [0.29, 0.717) is 12.1 Å². The summed E-state index contributed by atoms with van der Waals surface area (Å²) in [7, 11) is 3.88. The summed E-state index contributed by atoms with van der Waals surface area (Å²) in [6, 6.07) is 11.8. The molecule has 0 aliphatic heterocycles. The highest BCUT2D eigenvalue weighted by Crippen LogP contribution is 2.19. The minimum absolute atomic E-state index is 0.123. The number of nitrogens with one attached hydrogen (secondary N) is 1. The Kier molecular flexibility index (Phi) is 4.65. The van der Waals surface area contributed by atoms with Crippen LogP contribution < -0.4 is 10.2 Å². The Morgan fingerprint density at radius 2 is 1.96 bits per heavy atom. The van der Waals surface area contributed by atoms with Gasteiger partial charge in [-0.15, -0.1) is 0 Å². The number of hydrogen-bond donors (Lipinski definition) is 1. The molecule has 0 saturated heterocycles. The first-order valence-corrected chi connectivity index (χ1v) is 8.23. The summed E-state index contributed by atoms with van der Waals surface area (Å²) < 4.78 is 0. The number of pyridine rings is 2. The first-order valence-electron chi connectivity index (χ1n) is 8.23. The van der Waals surface area contributed by atoms with Gasteiger partial charge in [0.2, 0.25) is 0 Å². The Balaban J connectivity index is 1.84. The number of aromatic nitrogens is 2. The summed E-state index contributed by atoms with van der Waals surface area (Å²) in [5.74, 6) is 0.730. The Morgan fingerprint density at radius 3 is 2.72 bits per heavy atom. The van der Waals surface area contributed by atoms with Crippen LogP contribution in [-0.4, -0.2) is 30.0 Å². The third kappa shape index (κ3) is 3.60. The van der Waals surface area contributed by atoms with E-state index in [2.05, 4.69) is 15.3 Å². The molecule has 0 aliphatic carbocycles. The van der Waals surface area contributed by atoms with Crippen molar-refractivity contribution in [1.82, 2.24) is 15.3 Å². The third-order valence-electron chi connectivity index (χ3n) is 4.14. The second-order valence-corrected chi connectivity index (χ2v) is 6.38. The fourth-order valence-corrected chi connectivity index (χ4v) is 2.86. The molecule has 0 fully saturated rings. The van der Waals surface area contributed by atoms with Crippen LogP contribution in [-0.2, 0) is 6.54 Å². The SMILES string of the molecule is Cc1ccc2nc(C)c(C(=O)NCc3cccnc3N(C)C)cc2c1. The van der Waals surface area contributed by atoms with Gasteiger partial charge in [0, 0.05) is 37.8 Å². The molecule has 2 aromatic heterocycles. The molecule has 1 N–H and O–H groups in total. The van der Waals surface area contributed by atoms with E-state index >= 15 is 0 Å². The fraction of sp³-hybridized carbons (Fsp3) is 0.250. The Bertz CT molecular complexity index is 934. The van der Waals surface area contributed by atoms with Gasteiger partial charge in [0.15, 0.2) is 0 Å². The van der Waals surface area contributed by atoms with Crippen molar-refractivity contribution < 1.29 is 4.79 Å². The Hall–Kier alpha value is -2.95. The minimum Gasteiger partial charge on any atom is -0.362 e. The molecule has 0 spiro atoms. The van der Waals surface area contributed by atoms with Crippen LogP contribution >= 0.6 is 0 Å². The second-order valence-electron chi connectivity index (χ2n) is 6.38. The molecule has 0 unspecified atom stereocenters. The van der Waals surface area contributed by atoms with Crippen molar-refractivity contribution in [2.75, 3.05) is 19.0 Å². The van der Waals surface area contributed by atoms with Crippen molar-refractivity contribution in [3.05, 3.63) is 65.0 Å². The summed E-state index contributed by atoms with van der Waals surface area (Å²) in [6.45, 7) is 4.32. The van der Waals surface area contributed by atoms with Gasteiger partial charge in [0.25, 0.3) is 5.91 Å². The van der Waals surface area contributed by atoms with Crippen LogP contribution in [0.5, 0.6) is 0 Å². The lowest BCUT2D eigenvalue weighted by Gasteiger charge is -2.16. The molecular weight excluding hydrogens is 312 g/mol. The van der Waals surface area contributed by atoms with Crippen LogP contribution in [0.3, 0.4) is 0 Å². The molecule has 0 bridgehead atoms. The summed E-state index contributed by atoms with van der Waals surface area (Å²) in [6.07, 6.45) is 1.75. The number of aryl methyl sites for hydroxylation is 2. The van der Waals surface area contributed by atoms with E-state index in [0.717, 1.165) is 33.5 Å². The molecule has 0 atom stereocenters. The van der Waals surface area contributed by atoms with E-state index in [9.17, 15) is 4.79 Å². The van der Waals surface area contributed by atoms with Gasteiger partial charge in [0.1, 0.15) is 5.82 Å². The first-order chi connectivity index (χ1) is 12.0. The average Bonchev–Trinajstić information content (AvgIpc) is 2.59. The number of anilines is 1. The molecule has 128 valence electrons. The van der Waals surface area contributed by atoms with Gasteiger partial charge in [-0.25, -0.2) is 4.98 Å².